The molecule has 4 rings (SSSR count). The van der Waals surface area contributed by atoms with Crippen molar-refractivity contribution in [2.75, 3.05) is 32.8 Å². The first-order valence-corrected chi connectivity index (χ1v) is 10.9. The normalized spacial score (nSPS) is 20.2. The monoisotopic (exact) mass is 438 g/mol. The molecule has 29 heavy (non-hydrogen) atoms. The second kappa shape index (κ2) is 7.77. The van der Waals surface area contributed by atoms with E-state index in [0.29, 0.717) is 23.7 Å². The third kappa shape index (κ3) is 3.87. The van der Waals surface area contributed by atoms with E-state index in [2.05, 4.69) is 10.3 Å². The molecule has 9 nitrogen and oxygen atoms in total. The van der Waals surface area contributed by atoms with Crippen LogP contribution in [0.5, 0.6) is 0 Å². The summed E-state index contributed by atoms with van der Waals surface area (Å²) in [5.41, 5.74) is 0. The van der Waals surface area contributed by atoms with Gasteiger partial charge >= 0.3 is 6.09 Å². The van der Waals surface area contributed by atoms with Crippen LogP contribution in [-0.2, 0) is 19.6 Å². The zero-order valence-electron chi connectivity index (χ0n) is 15.4. The maximum Gasteiger partial charge on any atom is 0.410 e. The predicted molar refractivity (Wildman–Crippen MR) is 105 cm³/mol. The first-order chi connectivity index (χ1) is 13.9. The Morgan fingerprint density at radius 3 is 2.90 bits per heavy atom. The number of amides is 2. The number of rotatable bonds is 5. The van der Waals surface area contributed by atoms with Gasteiger partial charge in [-0.3, -0.25) is 14.7 Å². The molecule has 0 aliphatic carbocycles. The van der Waals surface area contributed by atoms with Gasteiger partial charge in [-0.1, -0.05) is 23.7 Å². The van der Waals surface area contributed by atoms with Crippen LogP contribution >= 0.6 is 11.6 Å². The molecule has 1 aromatic heterocycles. The first-order valence-electron chi connectivity index (χ1n) is 9.10. The Bertz CT molecular complexity index is 1070. The van der Waals surface area contributed by atoms with E-state index in [-0.39, 0.29) is 48.1 Å². The summed E-state index contributed by atoms with van der Waals surface area (Å²) >= 11 is 6.22. The molecule has 0 radical (unpaired) electrons. The molecule has 0 unspecified atom stereocenters. The Balaban J connectivity index is 1.47. The lowest BCUT2D eigenvalue weighted by Gasteiger charge is -2.19. The first kappa shape index (κ1) is 19.9. The third-order valence-electron chi connectivity index (χ3n) is 5.01. The van der Waals surface area contributed by atoms with Crippen LogP contribution in [0, 0.1) is 0 Å². The molecule has 1 atom stereocenters. The Morgan fingerprint density at radius 2 is 2.14 bits per heavy atom. The number of aromatic nitrogens is 1. The minimum atomic E-state index is -3.80. The van der Waals surface area contributed by atoms with E-state index in [0.717, 1.165) is 0 Å². The van der Waals surface area contributed by atoms with Crippen molar-refractivity contribution in [1.29, 1.82) is 0 Å². The number of hydrogen-bond donors (Lipinski definition) is 1. The van der Waals surface area contributed by atoms with Gasteiger partial charge in [0, 0.05) is 42.3 Å². The summed E-state index contributed by atoms with van der Waals surface area (Å²) in [7, 11) is -3.80. The SMILES string of the molecule is O=C(CN1CCOC1=O)N[C@H]1CCN(S(=O)(=O)c2cccc3cncc(Cl)c23)C1. The molecule has 1 aromatic carbocycles. The Morgan fingerprint density at radius 1 is 1.31 bits per heavy atom. The molecule has 154 valence electrons. The van der Waals surface area contributed by atoms with Gasteiger partial charge in [0.25, 0.3) is 0 Å². The Hall–Kier alpha value is -2.43. The van der Waals surface area contributed by atoms with Crippen LogP contribution < -0.4 is 5.32 Å². The summed E-state index contributed by atoms with van der Waals surface area (Å²) in [4.78, 5) is 29.1. The highest BCUT2D eigenvalue weighted by atomic mass is 35.5. The molecule has 2 amide bonds. The molecule has 2 fully saturated rings. The average Bonchev–Trinajstić information content (AvgIpc) is 3.31. The van der Waals surface area contributed by atoms with E-state index in [1.807, 2.05) is 0 Å². The lowest BCUT2D eigenvalue weighted by atomic mass is 10.2. The number of hydrogen-bond acceptors (Lipinski definition) is 6. The van der Waals surface area contributed by atoms with Gasteiger partial charge in [0.2, 0.25) is 15.9 Å². The number of nitrogens with zero attached hydrogens (tertiary/aromatic N) is 3. The minimum absolute atomic E-state index is 0.103. The van der Waals surface area contributed by atoms with Crippen LogP contribution in [0.15, 0.2) is 35.5 Å². The summed E-state index contributed by atoms with van der Waals surface area (Å²) in [5, 5.41) is 4.14. The molecule has 0 bridgehead atoms. The fourth-order valence-corrected chi connectivity index (χ4v) is 5.65. The molecule has 3 heterocycles. The molecule has 0 saturated carbocycles. The lowest BCUT2D eigenvalue weighted by Crippen LogP contribution is -2.44. The van der Waals surface area contributed by atoms with Gasteiger partial charge in [0.05, 0.1) is 16.5 Å². The zero-order valence-corrected chi connectivity index (χ0v) is 16.9. The number of pyridine rings is 1. The summed E-state index contributed by atoms with van der Waals surface area (Å²) in [6, 6.07) is 4.60. The molecule has 11 heteroatoms. The second-order valence-corrected chi connectivity index (χ2v) is 9.24. The van der Waals surface area contributed by atoms with Crippen LogP contribution in [-0.4, -0.2) is 73.4 Å². The molecule has 1 N–H and O–H groups in total. The van der Waals surface area contributed by atoms with Crippen molar-refractivity contribution in [1.82, 2.24) is 19.5 Å². The molecular weight excluding hydrogens is 420 g/mol. The number of ether oxygens (including phenoxy) is 1. The van der Waals surface area contributed by atoms with Crippen molar-refractivity contribution < 1.29 is 22.7 Å². The van der Waals surface area contributed by atoms with Gasteiger partial charge in [-0.2, -0.15) is 4.31 Å². The molecule has 2 aromatic rings. The van der Waals surface area contributed by atoms with Crippen LogP contribution in [0.2, 0.25) is 5.02 Å². The van der Waals surface area contributed by atoms with E-state index >= 15 is 0 Å². The van der Waals surface area contributed by atoms with Gasteiger partial charge in [-0.25, -0.2) is 13.2 Å². The maximum absolute atomic E-state index is 13.2. The van der Waals surface area contributed by atoms with Crippen LogP contribution in [0.1, 0.15) is 6.42 Å². The van der Waals surface area contributed by atoms with Crippen molar-refractivity contribution in [3.63, 3.8) is 0 Å². The predicted octanol–water partition coefficient (Wildman–Crippen LogP) is 1.22. The number of carbonyl (C=O) groups excluding carboxylic acids is 2. The van der Waals surface area contributed by atoms with Gasteiger partial charge in [0.1, 0.15) is 13.2 Å². The standard InChI is InChI=1S/C18H19ClN4O5S/c19-14-9-20-8-12-2-1-3-15(17(12)14)29(26,27)23-5-4-13(10-23)21-16(24)11-22-6-7-28-18(22)25/h1-3,8-9,13H,4-7,10-11H2,(H,21,24)/t13-/m0/s1. The molecule has 2 aliphatic rings. The van der Waals surface area contributed by atoms with Crippen molar-refractivity contribution in [3.05, 3.63) is 35.6 Å². The van der Waals surface area contributed by atoms with Gasteiger partial charge < -0.3 is 10.1 Å². The molecule has 0 spiro atoms. The Labute approximate surface area is 172 Å². The fourth-order valence-electron chi connectivity index (χ4n) is 3.59. The highest BCUT2D eigenvalue weighted by Gasteiger charge is 2.35. The third-order valence-corrected chi connectivity index (χ3v) is 7.21. The smallest absolute Gasteiger partial charge is 0.410 e. The van der Waals surface area contributed by atoms with Crippen LogP contribution in [0.3, 0.4) is 0 Å². The van der Waals surface area contributed by atoms with Gasteiger partial charge in [-0.15, -0.1) is 0 Å². The topological polar surface area (TPSA) is 109 Å². The highest BCUT2D eigenvalue weighted by molar-refractivity contribution is 7.89. The number of fused-ring (bicyclic) bond motifs is 1. The van der Waals surface area contributed by atoms with E-state index in [1.165, 1.54) is 21.5 Å². The van der Waals surface area contributed by atoms with Crippen molar-refractivity contribution >= 4 is 44.4 Å². The van der Waals surface area contributed by atoms with E-state index in [9.17, 15) is 18.0 Å². The number of carbonyl (C=O) groups is 2. The van der Waals surface area contributed by atoms with Crippen molar-refractivity contribution in [3.8, 4) is 0 Å². The highest BCUT2D eigenvalue weighted by Crippen LogP contribution is 2.32. The minimum Gasteiger partial charge on any atom is -0.448 e. The fraction of sp³-hybridized carbons (Fsp3) is 0.389. The number of sulfonamides is 1. The number of nitrogens with one attached hydrogen (secondary N) is 1. The number of benzene rings is 1. The summed E-state index contributed by atoms with van der Waals surface area (Å²) in [6.45, 7) is 0.961. The van der Waals surface area contributed by atoms with Gasteiger partial charge in [0.15, 0.2) is 0 Å². The Kier molecular flexibility index (Phi) is 5.32. The van der Waals surface area contributed by atoms with Gasteiger partial charge in [-0.05, 0) is 12.5 Å². The number of cyclic esters (lactones) is 1. The van der Waals surface area contributed by atoms with E-state index < -0.39 is 16.1 Å². The molecular formula is C18H19ClN4O5S. The molecule has 2 aliphatic heterocycles. The van der Waals surface area contributed by atoms with E-state index in [1.54, 1.807) is 18.3 Å². The zero-order chi connectivity index (χ0) is 20.6. The quantitative estimate of drug-likeness (QED) is 0.751. The van der Waals surface area contributed by atoms with E-state index in [4.69, 9.17) is 16.3 Å². The lowest BCUT2D eigenvalue weighted by molar-refractivity contribution is -0.122. The number of halogens is 1. The average molecular weight is 439 g/mol. The summed E-state index contributed by atoms with van der Waals surface area (Å²) < 4.78 is 32.6. The largest absolute Gasteiger partial charge is 0.448 e. The molecule has 2 saturated heterocycles. The second-order valence-electron chi connectivity index (χ2n) is 6.93. The summed E-state index contributed by atoms with van der Waals surface area (Å²) in [6.07, 6.45) is 2.95. The van der Waals surface area contributed by atoms with Crippen LogP contribution in [0.4, 0.5) is 4.79 Å². The van der Waals surface area contributed by atoms with Crippen LogP contribution in [0.25, 0.3) is 10.8 Å². The van der Waals surface area contributed by atoms with Crippen molar-refractivity contribution in [2.24, 2.45) is 0 Å². The maximum atomic E-state index is 13.2. The van der Waals surface area contributed by atoms with Crippen molar-refractivity contribution in [2.45, 2.75) is 17.4 Å². The summed E-state index contributed by atoms with van der Waals surface area (Å²) in [5.74, 6) is -0.340.